The van der Waals surface area contributed by atoms with Gasteiger partial charge in [0, 0.05) is 25.8 Å². The Kier molecular flexibility index (Phi) is 4.07. The largest absolute Gasteiger partial charge is 0.383 e. The van der Waals surface area contributed by atoms with Crippen LogP contribution in [0.1, 0.15) is 54.7 Å². The van der Waals surface area contributed by atoms with Gasteiger partial charge in [-0.15, -0.1) is 5.10 Å². The van der Waals surface area contributed by atoms with Crippen LogP contribution in [0.3, 0.4) is 0 Å². The van der Waals surface area contributed by atoms with Crippen LogP contribution in [0, 0.1) is 5.92 Å². The SMILES string of the molecule is Cn1nccc1C(=O)N[C@@H]1CCC[C@@H]1Cn1cc(C2(O)CCC2)nn1. The summed E-state index contributed by atoms with van der Waals surface area (Å²) in [6.45, 7) is 0.708. The highest BCUT2D eigenvalue weighted by Crippen LogP contribution is 2.39. The summed E-state index contributed by atoms with van der Waals surface area (Å²) in [6, 6.07) is 1.85. The molecule has 0 spiro atoms. The van der Waals surface area contributed by atoms with Gasteiger partial charge in [0.2, 0.25) is 0 Å². The zero-order chi connectivity index (χ0) is 17.4. The van der Waals surface area contributed by atoms with E-state index >= 15 is 0 Å². The van der Waals surface area contributed by atoms with E-state index < -0.39 is 5.60 Å². The zero-order valence-corrected chi connectivity index (χ0v) is 14.4. The number of rotatable bonds is 5. The van der Waals surface area contributed by atoms with Gasteiger partial charge in [-0.3, -0.25) is 14.2 Å². The second kappa shape index (κ2) is 6.25. The Balaban J connectivity index is 1.40. The molecule has 8 heteroatoms. The Morgan fingerprint density at radius 1 is 1.40 bits per heavy atom. The third kappa shape index (κ3) is 3.06. The monoisotopic (exact) mass is 344 g/mol. The van der Waals surface area contributed by atoms with E-state index in [1.807, 2.05) is 10.9 Å². The van der Waals surface area contributed by atoms with E-state index in [0.29, 0.717) is 23.9 Å². The Morgan fingerprint density at radius 2 is 2.24 bits per heavy atom. The first-order valence-electron chi connectivity index (χ1n) is 8.97. The second-order valence-electron chi connectivity index (χ2n) is 7.32. The van der Waals surface area contributed by atoms with Crippen LogP contribution in [0.15, 0.2) is 18.5 Å². The Labute approximate surface area is 146 Å². The van der Waals surface area contributed by atoms with Crippen LogP contribution < -0.4 is 5.32 Å². The average Bonchev–Trinajstić information content (AvgIpc) is 3.28. The van der Waals surface area contributed by atoms with Gasteiger partial charge >= 0.3 is 0 Å². The molecule has 2 aliphatic carbocycles. The normalized spacial score (nSPS) is 24.9. The number of aryl methyl sites for hydroxylation is 1. The Morgan fingerprint density at radius 3 is 2.92 bits per heavy atom. The molecule has 2 atom stereocenters. The van der Waals surface area contributed by atoms with Gasteiger partial charge in [-0.2, -0.15) is 5.10 Å². The molecule has 0 bridgehead atoms. The summed E-state index contributed by atoms with van der Waals surface area (Å²) < 4.78 is 3.40. The van der Waals surface area contributed by atoms with Crippen LogP contribution in [0.4, 0.5) is 0 Å². The van der Waals surface area contributed by atoms with Gasteiger partial charge in [-0.25, -0.2) is 0 Å². The van der Waals surface area contributed by atoms with Crippen molar-refractivity contribution in [3.05, 3.63) is 29.8 Å². The lowest BCUT2D eigenvalue weighted by molar-refractivity contribution is -0.0427. The van der Waals surface area contributed by atoms with Crippen LogP contribution in [0.2, 0.25) is 0 Å². The molecule has 2 aliphatic rings. The number of aromatic nitrogens is 5. The average molecular weight is 344 g/mol. The van der Waals surface area contributed by atoms with Crippen molar-refractivity contribution >= 4 is 5.91 Å². The summed E-state index contributed by atoms with van der Waals surface area (Å²) in [6.07, 6.45) is 9.16. The molecular weight excluding hydrogens is 320 g/mol. The lowest BCUT2D eigenvalue weighted by atomic mass is 9.78. The van der Waals surface area contributed by atoms with Gasteiger partial charge < -0.3 is 10.4 Å². The van der Waals surface area contributed by atoms with E-state index in [0.717, 1.165) is 38.5 Å². The van der Waals surface area contributed by atoms with Crippen molar-refractivity contribution < 1.29 is 9.90 Å². The first-order valence-corrected chi connectivity index (χ1v) is 8.97. The quantitative estimate of drug-likeness (QED) is 0.843. The van der Waals surface area contributed by atoms with Gasteiger partial charge in [0.05, 0.1) is 6.20 Å². The van der Waals surface area contributed by atoms with Crippen LogP contribution in [0.25, 0.3) is 0 Å². The Bertz CT molecular complexity index is 763. The molecular formula is C17H24N6O2. The molecule has 2 aromatic heterocycles. The standard InChI is InChI=1S/C17H24N6O2/c1-22-14(6-9-18-22)16(24)19-13-5-2-4-12(13)10-23-11-15(20-21-23)17(25)7-3-8-17/h6,9,11-13,25H,2-5,7-8,10H2,1H3,(H,19,24)/t12-,13-/m1/s1. The summed E-state index contributed by atoms with van der Waals surface area (Å²) in [5.41, 5.74) is 0.467. The predicted molar refractivity (Wildman–Crippen MR) is 89.6 cm³/mol. The summed E-state index contributed by atoms with van der Waals surface area (Å²) >= 11 is 0. The van der Waals surface area contributed by atoms with Crippen molar-refractivity contribution in [2.75, 3.05) is 0 Å². The molecule has 0 aromatic carbocycles. The maximum Gasteiger partial charge on any atom is 0.269 e. The van der Waals surface area contributed by atoms with Crippen LogP contribution in [-0.4, -0.2) is 41.8 Å². The lowest BCUT2D eigenvalue weighted by Crippen LogP contribution is -2.39. The van der Waals surface area contributed by atoms with Gasteiger partial charge in [0.25, 0.3) is 5.91 Å². The van der Waals surface area contributed by atoms with Crippen molar-refractivity contribution in [3.63, 3.8) is 0 Å². The van der Waals surface area contributed by atoms with Crippen molar-refractivity contribution in [1.29, 1.82) is 0 Å². The highest BCUT2D eigenvalue weighted by molar-refractivity contribution is 5.92. The fourth-order valence-electron chi connectivity index (χ4n) is 3.89. The summed E-state index contributed by atoms with van der Waals surface area (Å²) in [5, 5.41) is 25.9. The number of hydrogen-bond acceptors (Lipinski definition) is 5. The lowest BCUT2D eigenvalue weighted by Gasteiger charge is -2.34. The number of nitrogens with one attached hydrogen (secondary N) is 1. The molecule has 4 rings (SSSR count). The molecule has 0 unspecified atom stereocenters. The van der Waals surface area contributed by atoms with E-state index in [1.54, 1.807) is 24.0 Å². The van der Waals surface area contributed by atoms with Gasteiger partial charge in [-0.05, 0) is 44.1 Å². The molecule has 1 amide bonds. The van der Waals surface area contributed by atoms with E-state index in [4.69, 9.17) is 0 Å². The molecule has 8 nitrogen and oxygen atoms in total. The predicted octanol–water partition coefficient (Wildman–Crippen LogP) is 0.982. The van der Waals surface area contributed by atoms with Crippen molar-refractivity contribution in [2.45, 2.75) is 56.7 Å². The number of carbonyl (C=O) groups excluding carboxylic acids is 1. The maximum atomic E-state index is 12.4. The molecule has 2 aromatic rings. The number of hydrogen-bond donors (Lipinski definition) is 2. The highest BCUT2D eigenvalue weighted by atomic mass is 16.3. The third-order valence-corrected chi connectivity index (χ3v) is 5.65. The van der Waals surface area contributed by atoms with Gasteiger partial charge in [-0.1, -0.05) is 11.6 Å². The van der Waals surface area contributed by atoms with Crippen molar-refractivity contribution in [1.82, 2.24) is 30.1 Å². The third-order valence-electron chi connectivity index (χ3n) is 5.65. The van der Waals surface area contributed by atoms with E-state index in [2.05, 4.69) is 20.7 Å². The molecule has 2 heterocycles. The molecule has 134 valence electrons. The van der Waals surface area contributed by atoms with Gasteiger partial charge in [0.15, 0.2) is 0 Å². The van der Waals surface area contributed by atoms with Crippen molar-refractivity contribution in [3.8, 4) is 0 Å². The number of aliphatic hydroxyl groups is 1. The molecule has 0 radical (unpaired) electrons. The number of nitrogens with zero attached hydrogens (tertiary/aromatic N) is 5. The molecule has 2 N–H and O–H groups in total. The fourth-order valence-corrected chi connectivity index (χ4v) is 3.89. The minimum Gasteiger partial charge on any atom is -0.383 e. The van der Waals surface area contributed by atoms with Crippen molar-refractivity contribution in [2.24, 2.45) is 13.0 Å². The Hall–Kier alpha value is -2.22. The second-order valence-corrected chi connectivity index (χ2v) is 7.32. The van der Waals surface area contributed by atoms with Gasteiger partial charge in [0.1, 0.15) is 17.0 Å². The van der Waals surface area contributed by atoms with Crippen LogP contribution >= 0.6 is 0 Å². The molecule has 0 aliphatic heterocycles. The number of carbonyl (C=O) groups is 1. The fraction of sp³-hybridized carbons (Fsp3) is 0.647. The van der Waals surface area contributed by atoms with Crippen LogP contribution in [-0.2, 0) is 19.2 Å². The summed E-state index contributed by atoms with van der Waals surface area (Å²) in [7, 11) is 1.77. The minimum atomic E-state index is -0.777. The first-order chi connectivity index (χ1) is 12.0. The summed E-state index contributed by atoms with van der Waals surface area (Å²) in [5.74, 6) is 0.239. The number of amides is 1. The molecule has 25 heavy (non-hydrogen) atoms. The van der Waals surface area contributed by atoms with E-state index in [9.17, 15) is 9.90 Å². The molecule has 2 saturated carbocycles. The highest BCUT2D eigenvalue weighted by Gasteiger charge is 2.39. The summed E-state index contributed by atoms with van der Waals surface area (Å²) in [4.78, 5) is 12.4. The first kappa shape index (κ1) is 16.3. The van der Waals surface area contributed by atoms with Crippen LogP contribution in [0.5, 0.6) is 0 Å². The maximum absolute atomic E-state index is 12.4. The zero-order valence-electron chi connectivity index (χ0n) is 14.4. The van der Waals surface area contributed by atoms with E-state index in [1.165, 1.54) is 0 Å². The minimum absolute atomic E-state index is 0.0834. The van der Waals surface area contributed by atoms with E-state index in [-0.39, 0.29) is 11.9 Å². The smallest absolute Gasteiger partial charge is 0.269 e. The molecule has 2 fully saturated rings. The topological polar surface area (TPSA) is 97.9 Å². The molecule has 0 saturated heterocycles.